The number of hydrogen-bond donors (Lipinski definition) is 0. The van der Waals surface area contributed by atoms with Crippen LogP contribution < -0.4 is 0 Å². The molecule has 1 amide bonds. The molecule has 2 rings (SSSR count). The molecular weight excluding hydrogens is 298 g/mol. The fourth-order valence-corrected chi connectivity index (χ4v) is 3.14. The lowest BCUT2D eigenvalue weighted by Gasteiger charge is -2.32. The zero-order valence-corrected chi connectivity index (χ0v) is 14.9. The van der Waals surface area contributed by atoms with E-state index in [9.17, 15) is 9.59 Å². The third-order valence-corrected chi connectivity index (χ3v) is 4.60. The Labute approximate surface area is 145 Å². The van der Waals surface area contributed by atoms with Crippen LogP contribution in [0, 0.1) is 0 Å². The normalized spacial score (nSPS) is 16.2. The summed E-state index contributed by atoms with van der Waals surface area (Å²) in [6.45, 7) is 6.02. The maximum Gasteiger partial charge on any atom is 0.234 e. The van der Waals surface area contributed by atoms with Gasteiger partial charge in [0.05, 0.1) is 12.0 Å². The average molecular weight is 325 g/mol. The third kappa shape index (κ3) is 4.22. The number of Topliss-reactive ketones (excluding diaryl/α,β-unsaturated/α-hetero) is 1. The number of nitrogens with zero attached hydrogens (tertiary/aromatic N) is 1. The van der Waals surface area contributed by atoms with Gasteiger partial charge in [-0.3, -0.25) is 9.59 Å². The number of ketones is 1. The van der Waals surface area contributed by atoms with Crippen molar-refractivity contribution in [2.45, 2.75) is 52.0 Å². The second-order valence-corrected chi connectivity index (χ2v) is 6.37. The highest BCUT2D eigenvalue weighted by Gasteiger charge is 2.32. The van der Waals surface area contributed by atoms with Gasteiger partial charge < -0.3 is 4.90 Å². The fraction of sp³-hybridized carbons (Fsp3) is 0.429. The number of rotatable bonds is 7. The minimum absolute atomic E-state index is 0.0288. The van der Waals surface area contributed by atoms with Gasteiger partial charge in [0.1, 0.15) is 0 Å². The van der Waals surface area contributed by atoms with E-state index >= 15 is 0 Å². The minimum Gasteiger partial charge on any atom is -0.332 e. The van der Waals surface area contributed by atoms with Gasteiger partial charge in [-0.15, -0.1) is 0 Å². The fourth-order valence-electron chi connectivity index (χ4n) is 3.14. The van der Waals surface area contributed by atoms with E-state index in [1.807, 2.05) is 50.3 Å². The van der Waals surface area contributed by atoms with Crippen molar-refractivity contribution in [2.75, 3.05) is 6.54 Å². The van der Waals surface area contributed by atoms with Gasteiger partial charge in [0, 0.05) is 6.54 Å². The van der Waals surface area contributed by atoms with Crippen molar-refractivity contribution in [1.82, 2.24) is 4.90 Å². The van der Waals surface area contributed by atoms with Crippen LogP contribution in [0.1, 0.15) is 51.5 Å². The van der Waals surface area contributed by atoms with Crippen LogP contribution in [-0.4, -0.2) is 29.2 Å². The predicted octanol–water partition coefficient (Wildman–Crippen LogP) is 4.26. The molecule has 0 N–H and O–H groups in total. The Morgan fingerprint density at radius 1 is 1.21 bits per heavy atom. The zero-order valence-electron chi connectivity index (χ0n) is 14.9. The van der Waals surface area contributed by atoms with Crippen LogP contribution in [-0.2, 0) is 9.59 Å². The van der Waals surface area contributed by atoms with Crippen molar-refractivity contribution in [3.63, 3.8) is 0 Å². The zero-order chi connectivity index (χ0) is 17.5. The van der Waals surface area contributed by atoms with Crippen LogP contribution in [0.25, 0.3) is 0 Å². The molecule has 0 radical (unpaired) electrons. The highest BCUT2D eigenvalue weighted by Crippen LogP contribution is 2.32. The van der Waals surface area contributed by atoms with Gasteiger partial charge in [-0.25, -0.2) is 0 Å². The van der Waals surface area contributed by atoms with Crippen LogP contribution in [0.2, 0.25) is 0 Å². The summed E-state index contributed by atoms with van der Waals surface area (Å²) < 4.78 is 0. The van der Waals surface area contributed by atoms with Crippen molar-refractivity contribution in [2.24, 2.45) is 0 Å². The highest BCUT2D eigenvalue weighted by molar-refractivity contribution is 5.92. The summed E-state index contributed by atoms with van der Waals surface area (Å²) in [6.07, 6.45) is 8.89. The minimum atomic E-state index is -0.386. The molecule has 0 aliphatic heterocycles. The molecular formula is C21H27NO2. The van der Waals surface area contributed by atoms with Crippen molar-refractivity contribution < 1.29 is 9.59 Å². The molecule has 1 aromatic rings. The SMILES string of the molecule is CCCN(C(=O)C(C1=CC=CCC1)c1ccccc1)C(C)C(C)=O. The van der Waals surface area contributed by atoms with E-state index in [0.717, 1.165) is 30.4 Å². The largest absolute Gasteiger partial charge is 0.332 e. The van der Waals surface area contributed by atoms with E-state index in [1.165, 1.54) is 0 Å². The molecule has 0 saturated carbocycles. The second-order valence-electron chi connectivity index (χ2n) is 6.37. The van der Waals surface area contributed by atoms with Gasteiger partial charge in [-0.2, -0.15) is 0 Å². The molecule has 3 nitrogen and oxygen atoms in total. The molecule has 0 saturated heterocycles. The number of carbonyl (C=O) groups excluding carboxylic acids is 2. The molecule has 0 heterocycles. The number of allylic oxidation sites excluding steroid dienone is 3. The van der Waals surface area contributed by atoms with E-state index in [4.69, 9.17) is 0 Å². The van der Waals surface area contributed by atoms with E-state index < -0.39 is 0 Å². The Morgan fingerprint density at radius 3 is 2.46 bits per heavy atom. The molecule has 1 aromatic carbocycles. The van der Waals surface area contributed by atoms with Crippen molar-refractivity contribution in [3.05, 3.63) is 59.7 Å². The first kappa shape index (κ1) is 18.2. The Kier molecular flexibility index (Phi) is 6.53. The number of benzene rings is 1. The smallest absolute Gasteiger partial charge is 0.234 e. The van der Waals surface area contributed by atoms with Crippen LogP contribution in [0.5, 0.6) is 0 Å². The van der Waals surface area contributed by atoms with Gasteiger partial charge in [0.2, 0.25) is 5.91 Å². The maximum absolute atomic E-state index is 13.4. The Hall–Kier alpha value is -2.16. The standard InChI is InChI=1S/C21H27NO2/c1-4-15-22(16(2)17(3)23)21(24)20(18-11-7-5-8-12-18)19-13-9-6-10-14-19/h5-9,11-13,16,20H,4,10,14-15H2,1-3H3. The molecule has 1 aliphatic carbocycles. The molecule has 0 aromatic heterocycles. The molecule has 2 atom stereocenters. The first-order valence-corrected chi connectivity index (χ1v) is 8.77. The molecule has 128 valence electrons. The average Bonchev–Trinajstić information content (AvgIpc) is 2.61. The summed E-state index contributed by atoms with van der Waals surface area (Å²) >= 11 is 0. The van der Waals surface area contributed by atoms with Crippen LogP contribution in [0.4, 0.5) is 0 Å². The Bertz CT molecular complexity index is 630. The van der Waals surface area contributed by atoms with E-state index in [-0.39, 0.29) is 23.7 Å². The summed E-state index contributed by atoms with van der Waals surface area (Å²) in [5.41, 5.74) is 2.13. The topological polar surface area (TPSA) is 37.4 Å². The quantitative estimate of drug-likeness (QED) is 0.751. The summed E-state index contributed by atoms with van der Waals surface area (Å²) in [4.78, 5) is 27.0. The van der Waals surface area contributed by atoms with Crippen LogP contribution >= 0.6 is 0 Å². The summed E-state index contributed by atoms with van der Waals surface area (Å²) in [6, 6.07) is 9.51. The molecule has 0 spiro atoms. The molecule has 3 heteroatoms. The van der Waals surface area contributed by atoms with Gasteiger partial charge in [0.15, 0.2) is 5.78 Å². The number of hydrogen-bond acceptors (Lipinski definition) is 2. The summed E-state index contributed by atoms with van der Waals surface area (Å²) in [5, 5.41) is 0. The van der Waals surface area contributed by atoms with Gasteiger partial charge >= 0.3 is 0 Å². The van der Waals surface area contributed by atoms with Crippen molar-refractivity contribution in [3.8, 4) is 0 Å². The Morgan fingerprint density at radius 2 is 1.92 bits per heavy atom. The third-order valence-electron chi connectivity index (χ3n) is 4.60. The highest BCUT2D eigenvalue weighted by atomic mass is 16.2. The van der Waals surface area contributed by atoms with E-state index in [2.05, 4.69) is 12.2 Å². The van der Waals surface area contributed by atoms with Gasteiger partial charge in [-0.1, -0.05) is 61.1 Å². The monoisotopic (exact) mass is 325 g/mol. The van der Waals surface area contributed by atoms with Crippen LogP contribution in [0.15, 0.2) is 54.1 Å². The molecule has 0 bridgehead atoms. The lowest BCUT2D eigenvalue weighted by Crippen LogP contribution is -2.45. The lowest BCUT2D eigenvalue weighted by molar-refractivity contribution is -0.139. The molecule has 1 aliphatic rings. The van der Waals surface area contributed by atoms with Gasteiger partial charge in [-0.05, 0) is 38.7 Å². The number of amides is 1. The molecule has 0 fully saturated rings. The van der Waals surface area contributed by atoms with Crippen LogP contribution in [0.3, 0.4) is 0 Å². The maximum atomic E-state index is 13.4. The van der Waals surface area contributed by atoms with E-state index in [1.54, 1.807) is 11.8 Å². The van der Waals surface area contributed by atoms with Gasteiger partial charge in [0.25, 0.3) is 0 Å². The lowest BCUT2D eigenvalue weighted by atomic mass is 9.85. The Balaban J connectivity index is 2.41. The predicted molar refractivity (Wildman–Crippen MR) is 97.8 cm³/mol. The van der Waals surface area contributed by atoms with Crippen molar-refractivity contribution in [1.29, 1.82) is 0 Å². The first-order chi connectivity index (χ1) is 11.6. The van der Waals surface area contributed by atoms with Crippen molar-refractivity contribution >= 4 is 11.7 Å². The number of carbonyl (C=O) groups is 2. The summed E-state index contributed by atoms with van der Waals surface area (Å²) in [7, 11) is 0. The second kappa shape index (κ2) is 8.62. The molecule has 2 unspecified atom stereocenters. The first-order valence-electron chi connectivity index (χ1n) is 8.77. The summed E-state index contributed by atoms with van der Waals surface area (Å²) in [5.74, 6) is -0.238. The molecule has 24 heavy (non-hydrogen) atoms. The van der Waals surface area contributed by atoms with E-state index in [0.29, 0.717) is 6.54 Å².